The summed E-state index contributed by atoms with van der Waals surface area (Å²) in [6, 6.07) is 6.09. The molecule has 3 rings (SSSR count). The molecule has 0 saturated heterocycles. The van der Waals surface area contributed by atoms with Crippen molar-refractivity contribution in [2.75, 3.05) is 0 Å². The number of nitrogens with one attached hydrogen (secondary N) is 1. The Bertz CT molecular complexity index is 775. The number of rotatable bonds is 5. The zero-order chi connectivity index (χ0) is 15.4. The van der Waals surface area contributed by atoms with E-state index < -0.39 is 5.91 Å². The molecule has 0 aliphatic rings. The Morgan fingerprint density at radius 2 is 2.36 bits per heavy atom. The van der Waals surface area contributed by atoms with Crippen molar-refractivity contribution in [3.8, 4) is 16.6 Å². The van der Waals surface area contributed by atoms with Crippen LogP contribution in [0.1, 0.15) is 16.2 Å². The SMILES string of the molecule is O=C(NF)c1cccc(OCc2nc(-c3nccs3)no2)c1. The predicted molar refractivity (Wildman–Crippen MR) is 74.8 cm³/mol. The number of nitrogens with zero attached hydrogens (tertiary/aromatic N) is 3. The van der Waals surface area contributed by atoms with Crippen molar-refractivity contribution in [2.45, 2.75) is 6.61 Å². The highest BCUT2D eigenvalue weighted by molar-refractivity contribution is 7.12. The van der Waals surface area contributed by atoms with Gasteiger partial charge < -0.3 is 9.26 Å². The van der Waals surface area contributed by atoms with Gasteiger partial charge in [0.05, 0.1) is 0 Å². The van der Waals surface area contributed by atoms with E-state index in [-0.39, 0.29) is 18.1 Å². The number of ether oxygens (including phenoxy) is 1. The van der Waals surface area contributed by atoms with Gasteiger partial charge >= 0.3 is 0 Å². The van der Waals surface area contributed by atoms with Gasteiger partial charge in [0.2, 0.25) is 5.82 Å². The van der Waals surface area contributed by atoms with Crippen LogP contribution in [0, 0.1) is 0 Å². The molecule has 0 unspecified atom stereocenters. The standard InChI is InChI=1S/C13H9FN4O3S/c14-17-12(19)8-2-1-3-9(6-8)20-7-10-16-11(18-21-10)13-15-4-5-22-13/h1-6H,7H2,(H,17,19). The van der Waals surface area contributed by atoms with Crippen molar-refractivity contribution < 1.29 is 18.5 Å². The molecule has 0 spiro atoms. The minimum atomic E-state index is -0.839. The van der Waals surface area contributed by atoms with E-state index in [4.69, 9.17) is 9.26 Å². The number of hydrogen-bond acceptors (Lipinski definition) is 7. The van der Waals surface area contributed by atoms with E-state index in [2.05, 4.69) is 15.1 Å². The number of carbonyl (C=O) groups excluding carboxylic acids is 1. The zero-order valence-electron chi connectivity index (χ0n) is 11.0. The predicted octanol–water partition coefficient (Wildman–Crippen LogP) is 2.39. The quantitative estimate of drug-likeness (QED) is 0.726. The molecule has 2 heterocycles. The third kappa shape index (κ3) is 3.09. The molecule has 7 nitrogen and oxygen atoms in total. The summed E-state index contributed by atoms with van der Waals surface area (Å²) >= 11 is 1.39. The summed E-state index contributed by atoms with van der Waals surface area (Å²) in [6.45, 7) is 0.0269. The lowest BCUT2D eigenvalue weighted by Crippen LogP contribution is -2.13. The van der Waals surface area contributed by atoms with E-state index in [9.17, 15) is 9.28 Å². The summed E-state index contributed by atoms with van der Waals surface area (Å²) in [5.74, 6) is 0.203. The number of amides is 1. The summed E-state index contributed by atoms with van der Waals surface area (Å²) in [4.78, 5) is 19.4. The molecule has 0 aliphatic heterocycles. The van der Waals surface area contributed by atoms with Gasteiger partial charge in [-0.15, -0.1) is 11.3 Å². The van der Waals surface area contributed by atoms with E-state index in [1.165, 1.54) is 23.5 Å². The second-order valence-corrected chi connectivity index (χ2v) is 4.98. The summed E-state index contributed by atoms with van der Waals surface area (Å²) < 4.78 is 22.6. The minimum absolute atomic E-state index is 0.0269. The van der Waals surface area contributed by atoms with Crippen LogP contribution in [0.3, 0.4) is 0 Å². The fraction of sp³-hybridized carbons (Fsp3) is 0.0769. The summed E-state index contributed by atoms with van der Waals surface area (Å²) in [5, 5.41) is 6.26. The Balaban J connectivity index is 1.67. The van der Waals surface area contributed by atoms with E-state index in [0.717, 1.165) is 5.54 Å². The third-order valence-electron chi connectivity index (χ3n) is 2.64. The molecule has 112 valence electrons. The number of halogens is 1. The highest BCUT2D eigenvalue weighted by Gasteiger charge is 2.11. The van der Waals surface area contributed by atoms with Crippen molar-refractivity contribution in [2.24, 2.45) is 0 Å². The number of hydrogen-bond donors (Lipinski definition) is 1. The number of benzene rings is 1. The van der Waals surface area contributed by atoms with Crippen LogP contribution in [0.25, 0.3) is 10.8 Å². The summed E-state index contributed by atoms with van der Waals surface area (Å²) in [5.41, 5.74) is 1.21. The lowest BCUT2D eigenvalue weighted by Gasteiger charge is -2.04. The first-order chi connectivity index (χ1) is 10.8. The summed E-state index contributed by atoms with van der Waals surface area (Å²) in [6.07, 6.45) is 1.65. The van der Waals surface area contributed by atoms with Gasteiger partial charge in [0.15, 0.2) is 11.6 Å². The van der Waals surface area contributed by atoms with Crippen molar-refractivity contribution in [3.05, 3.63) is 47.3 Å². The lowest BCUT2D eigenvalue weighted by atomic mass is 10.2. The molecule has 1 amide bonds. The van der Waals surface area contributed by atoms with Crippen molar-refractivity contribution in [1.29, 1.82) is 0 Å². The second kappa shape index (κ2) is 6.31. The molecule has 0 bridgehead atoms. The van der Waals surface area contributed by atoms with Crippen LogP contribution in [0.4, 0.5) is 4.48 Å². The van der Waals surface area contributed by atoms with Crippen LogP contribution in [-0.2, 0) is 6.61 Å². The number of carbonyl (C=O) groups is 1. The van der Waals surface area contributed by atoms with Gasteiger partial charge in [0.25, 0.3) is 11.8 Å². The maximum absolute atomic E-state index is 12.1. The molecule has 0 atom stereocenters. The Morgan fingerprint density at radius 3 is 3.14 bits per heavy atom. The van der Waals surface area contributed by atoms with Gasteiger partial charge in [-0.2, -0.15) is 10.5 Å². The molecule has 0 radical (unpaired) electrons. The first-order valence-electron chi connectivity index (χ1n) is 6.12. The van der Waals surface area contributed by atoms with Crippen molar-refractivity contribution in [3.63, 3.8) is 0 Å². The maximum Gasteiger partial charge on any atom is 0.279 e. The second-order valence-electron chi connectivity index (χ2n) is 4.09. The van der Waals surface area contributed by atoms with Crippen LogP contribution in [0.15, 0.2) is 40.4 Å². The molecule has 0 aliphatic carbocycles. The van der Waals surface area contributed by atoms with Gasteiger partial charge in [0, 0.05) is 17.1 Å². The molecule has 9 heteroatoms. The van der Waals surface area contributed by atoms with Gasteiger partial charge in [-0.25, -0.2) is 4.98 Å². The molecule has 0 saturated carbocycles. The van der Waals surface area contributed by atoms with E-state index in [0.29, 0.717) is 16.6 Å². The average molecular weight is 320 g/mol. The lowest BCUT2D eigenvalue weighted by molar-refractivity contribution is 0.0859. The molecule has 3 aromatic rings. The van der Waals surface area contributed by atoms with Crippen molar-refractivity contribution in [1.82, 2.24) is 20.7 Å². The minimum Gasteiger partial charge on any atom is -0.484 e. The Morgan fingerprint density at radius 1 is 1.45 bits per heavy atom. The first kappa shape index (κ1) is 14.1. The zero-order valence-corrected chi connectivity index (χ0v) is 11.8. The molecule has 1 aromatic carbocycles. The highest BCUT2D eigenvalue weighted by Crippen LogP contribution is 2.19. The van der Waals surface area contributed by atoms with Crippen molar-refractivity contribution >= 4 is 17.2 Å². The van der Waals surface area contributed by atoms with Crippen LogP contribution in [0.2, 0.25) is 0 Å². The molecular formula is C13H9FN4O3S. The fourth-order valence-corrected chi connectivity index (χ4v) is 2.22. The van der Waals surface area contributed by atoms with Gasteiger partial charge in [-0.3, -0.25) is 4.79 Å². The molecule has 22 heavy (non-hydrogen) atoms. The van der Waals surface area contributed by atoms with Crippen LogP contribution in [-0.4, -0.2) is 21.0 Å². The van der Waals surface area contributed by atoms with Gasteiger partial charge in [0.1, 0.15) is 5.75 Å². The summed E-state index contributed by atoms with van der Waals surface area (Å²) in [7, 11) is 0. The van der Waals surface area contributed by atoms with E-state index in [1.54, 1.807) is 18.3 Å². The Hall–Kier alpha value is -2.81. The monoisotopic (exact) mass is 320 g/mol. The Kier molecular flexibility index (Phi) is 4.05. The number of aromatic nitrogens is 3. The highest BCUT2D eigenvalue weighted by atomic mass is 32.1. The van der Waals surface area contributed by atoms with E-state index in [1.807, 2.05) is 5.38 Å². The third-order valence-corrected chi connectivity index (χ3v) is 3.41. The average Bonchev–Trinajstić information content (AvgIpc) is 3.23. The molecule has 0 fully saturated rings. The molecule has 1 N–H and O–H groups in total. The van der Waals surface area contributed by atoms with E-state index >= 15 is 0 Å². The topological polar surface area (TPSA) is 90.1 Å². The first-order valence-corrected chi connectivity index (χ1v) is 7.00. The van der Waals surface area contributed by atoms with Crippen LogP contribution >= 0.6 is 11.3 Å². The molecular weight excluding hydrogens is 311 g/mol. The van der Waals surface area contributed by atoms with Crippen LogP contribution in [0.5, 0.6) is 5.75 Å². The van der Waals surface area contributed by atoms with Gasteiger partial charge in [-0.1, -0.05) is 15.7 Å². The largest absolute Gasteiger partial charge is 0.484 e. The fourth-order valence-electron chi connectivity index (χ4n) is 1.66. The normalized spacial score (nSPS) is 10.4. The smallest absolute Gasteiger partial charge is 0.279 e. The Labute approximate surface area is 127 Å². The van der Waals surface area contributed by atoms with Gasteiger partial charge in [-0.05, 0) is 18.2 Å². The maximum atomic E-state index is 12.1. The number of thiazole rings is 1. The molecule has 2 aromatic heterocycles. The van der Waals surface area contributed by atoms with Crippen LogP contribution < -0.4 is 10.3 Å².